The monoisotopic (exact) mass is 360 g/mol. The number of nitriles is 1. The maximum absolute atomic E-state index is 9.27. The molecule has 5 heteroatoms. The fourth-order valence-corrected chi connectivity index (χ4v) is 3.60. The average molecular weight is 360 g/mol. The van der Waals surface area contributed by atoms with E-state index in [4.69, 9.17) is 4.98 Å². The standard InChI is InChI=1S/C21H21N4P/c1-13(17-11-21(17,2)3)23-20-24-18-9-4-14(12-22)10-19(18)25(20)15-5-7-16(26)8-6-15/h4-10,17H,1,11,26H2,2-3H3,(H,23,24). The third kappa shape index (κ3) is 2.89. The van der Waals surface area contributed by atoms with E-state index in [1.165, 1.54) is 0 Å². The molecule has 1 aliphatic rings. The Bertz CT molecular complexity index is 1050. The number of hydrogen-bond donors (Lipinski definition) is 1. The van der Waals surface area contributed by atoms with Gasteiger partial charge in [-0.25, -0.2) is 4.98 Å². The quantitative estimate of drug-likeness (QED) is 0.703. The molecule has 1 aromatic heterocycles. The van der Waals surface area contributed by atoms with Crippen LogP contribution >= 0.6 is 9.24 Å². The highest BCUT2D eigenvalue weighted by atomic mass is 31.0. The van der Waals surface area contributed by atoms with Gasteiger partial charge in [-0.15, -0.1) is 9.24 Å². The number of imidazole rings is 1. The van der Waals surface area contributed by atoms with Crippen molar-refractivity contribution in [1.29, 1.82) is 5.26 Å². The van der Waals surface area contributed by atoms with Crippen LogP contribution < -0.4 is 10.6 Å². The topological polar surface area (TPSA) is 53.6 Å². The Labute approximate surface area is 155 Å². The summed E-state index contributed by atoms with van der Waals surface area (Å²) >= 11 is 0. The normalized spacial score (nSPS) is 17.7. The summed E-state index contributed by atoms with van der Waals surface area (Å²) in [6, 6.07) is 16.0. The second-order valence-corrected chi connectivity index (χ2v) is 8.24. The molecule has 3 aromatic rings. The molecule has 0 aliphatic heterocycles. The van der Waals surface area contributed by atoms with Crippen LogP contribution in [0.2, 0.25) is 0 Å². The van der Waals surface area contributed by atoms with Crippen LogP contribution in [-0.4, -0.2) is 9.55 Å². The van der Waals surface area contributed by atoms with Gasteiger partial charge in [-0.2, -0.15) is 5.26 Å². The Morgan fingerprint density at radius 3 is 2.62 bits per heavy atom. The van der Waals surface area contributed by atoms with Crippen LogP contribution in [0.15, 0.2) is 54.7 Å². The summed E-state index contributed by atoms with van der Waals surface area (Å²) in [4.78, 5) is 4.76. The number of allylic oxidation sites excluding steroid dienone is 1. The molecule has 0 amide bonds. The summed E-state index contributed by atoms with van der Waals surface area (Å²) in [5, 5.41) is 13.8. The Morgan fingerprint density at radius 1 is 1.31 bits per heavy atom. The van der Waals surface area contributed by atoms with E-state index in [-0.39, 0.29) is 0 Å². The van der Waals surface area contributed by atoms with Crippen molar-refractivity contribution in [2.45, 2.75) is 20.3 Å². The molecular weight excluding hydrogens is 339 g/mol. The highest BCUT2D eigenvalue weighted by Crippen LogP contribution is 2.55. The van der Waals surface area contributed by atoms with Crippen molar-refractivity contribution < 1.29 is 0 Å². The van der Waals surface area contributed by atoms with Gasteiger partial charge in [0.2, 0.25) is 5.95 Å². The maximum atomic E-state index is 9.27. The molecule has 4 nitrogen and oxygen atoms in total. The van der Waals surface area contributed by atoms with Gasteiger partial charge in [-0.1, -0.05) is 32.6 Å². The lowest BCUT2D eigenvalue weighted by atomic mass is 10.1. The molecule has 1 saturated carbocycles. The Hall–Kier alpha value is -2.63. The van der Waals surface area contributed by atoms with Gasteiger partial charge in [0, 0.05) is 17.3 Å². The number of nitrogens with zero attached hydrogens (tertiary/aromatic N) is 3. The summed E-state index contributed by atoms with van der Waals surface area (Å²) in [6.07, 6.45) is 1.14. The van der Waals surface area contributed by atoms with E-state index < -0.39 is 0 Å². The molecule has 4 rings (SSSR count). The second kappa shape index (κ2) is 5.97. The number of anilines is 1. The number of hydrogen-bond acceptors (Lipinski definition) is 3. The van der Waals surface area contributed by atoms with E-state index in [9.17, 15) is 5.26 Å². The lowest BCUT2D eigenvalue weighted by Gasteiger charge is -2.14. The average Bonchev–Trinajstić information content (AvgIpc) is 3.11. The summed E-state index contributed by atoms with van der Waals surface area (Å²) in [5.74, 6) is 1.19. The van der Waals surface area contributed by atoms with Crippen molar-refractivity contribution in [3.05, 3.63) is 60.3 Å². The molecule has 2 aromatic carbocycles. The summed E-state index contributed by atoms with van der Waals surface area (Å²) in [7, 11) is 2.70. The van der Waals surface area contributed by atoms with Crippen molar-refractivity contribution in [2.75, 3.05) is 5.32 Å². The van der Waals surface area contributed by atoms with Crippen LogP contribution in [0.25, 0.3) is 16.7 Å². The molecule has 0 bridgehead atoms. The van der Waals surface area contributed by atoms with E-state index in [1.54, 1.807) is 6.07 Å². The maximum Gasteiger partial charge on any atom is 0.212 e. The smallest absolute Gasteiger partial charge is 0.212 e. The molecule has 0 radical (unpaired) electrons. The van der Waals surface area contributed by atoms with Gasteiger partial charge < -0.3 is 5.32 Å². The minimum absolute atomic E-state index is 0.302. The van der Waals surface area contributed by atoms with Gasteiger partial charge in [-0.3, -0.25) is 4.57 Å². The van der Waals surface area contributed by atoms with E-state index in [1.807, 2.05) is 24.3 Å². The highest BCUT2D eigenvalue weighted by Gasteiger charge is 2.47. The van der Waals surface area contributed by atoms with Crippen molar-refractivity contribution in [3.8, 4) is 11.8 Å². The number of fused-ring (bicyclic) bond motifs is 1. The number of benzene rings is 2. The molecule has 1 N–H and O–H groups in total. The van der Waals surface area contributed by atoms with Crippen LogP contribution in [0.5, 0.6) is 0 Å². The van der Waals surface area contributed by atoms with Crippen molar-refractivity contribution >= 4 is 31.5 Å². The Balaban J connectivity index is 1.83. The predicted octanol–water partition coefficient (Wildman–Crippen LogP) is 4.37. The van der Waals surface area contributed by atoms with Crippen molar-refractivity contribution in [3.63, 3.8) is 0 Å². The summed E-state index contributed by atoms with van der Waals surface area (Å²) in [5.41, 5.74) is 4.68. The lowest BCUT2D eigenvalue weighted by molar-refractivity contribution is 0.599. The van der Waals surface area contributed by atoms with E-state index in [2.05, 4.69) is 57.8 Å². The Morgan fingerprint density at radius 2 is 2.00 bits per heavy atom. The third-order valence-electron chi connectivity index (χ3n) is 5.14. The zero-order valence-corrected chi connectivity index (χ0v) is 16.1. The highest BCUT2D eigenvalue weighted by molar-refractivity contribution is 7.27. The molecule has 1 heterocycles. The second-order valence-electron chi connectivity index (χ2n) is 7.57. The summed E-state index contributed by atoms with van der Waals surface area (Å²) < 4.78 is 2.06. The first-order valence-electron chi connectivity index (χ1n) is 8.63. The number of aromatic nitrogens is 2. The van der Waals surface area contributed by atoms with E-state index in [0.717, 1.165) is 40.1 Å². The minimum atomic E-state index is 0.302. The van der Waals surface area contributed by atoms with Crippen molar-refractivity contribution in [2.24, 2.45) is 11.3 Å². The van der Waals surface area contributed by atoms with Crippen LogP contribution in [0.4, 0.5) is 5.95 Å². The van der Waals surface area contributed by atoms with Gasteiger partial charge in [0.15, 0.2) is 0 Å². The molecule has 1 fully saturated rings. The first kappa shape index (κ1) is 16.8. The minimum Gasteiger partial charge on any atom is -0.329 e. The van der Waals surface area contributed by atoms with Gasteiger partial charge in [0.25, 0.3) is 0 Å². The van der Waals surface area contributed by atoms with Crippen LogP contribution in [0.1, 0.15) is 25.8 Å². The fraction of sp³-hybridized carbons (Fsp3) is 0.238. The first-order valence-corrected chi connectivity index (χ1v) is 9.21. The van der Waals surface area contributed by atoms with Gasteiger partial charge in [0.05, 0.1) is 22.7 Å². The predicted molar refractivity (Wildman–Crippen MR) is 110 cm³/mol. The number of rotatable bonds is 4. The third-order valence-corrected chi connectivity index (χ3v) is 5.53. The van der Waals surface area contributed by atoms with Crippen molar-refractivity contribution in [1.82, 2.24) is 9.55 Å². The summed E-state index contributed by atoms with van der Waals surface area (Å²) in [6.45, 7) is 8.75. The molecule has 0 saturated heterocycles. The number of nitrogens with one attached hydrogen (secondary N) is 1. The molecule has 0 spiro atoms. The van der Waals surface area contributed by atoms with Gasteiger partial charge >= 0.3 is 0 Å². The molecule has 2 unspecified atom stereocenters. The molecule has 130 valence electrons. The molecule has 26 heavy (non-hydrogen) atoms. The SMILES string of the molecule is C=C(Nc1nc2ccc(C#N)cc2n1-c1ccc(P)cc1)C1CC1(C)C. The fourth-order valence-electron chi connectivity index (χ4n) is 3.41. The zero-order valence-electron chi connectivity index (χ0n) is 15.0. The van der Waals surface area contributed by atoms with Crippen LogP contribution in [-0.2, 0) is 0 Å². The van der Waals surface area contributed by atoms with Crippen LogP contribution in [0, 0.1) is 22.7 Å². The van der Waals surface area contributed by atoms with E-state index in [0.29, 0.717) is 16.9 Å². The molecular formula is C21H21N4P. The Kier molecular flexibility index (Phi) is 3.86. The zero-order chi connectivity index (χ0) is 18.5. The first-order chi connectivity index (χ1) is 12.4. The van der Waals surface area contributed by atoms with Gasteiger partial charge in [-0.05, 0) is 47.5 Å². The molecule has 2 atom stereocenters. The van der Waals surface area contributed by atoms with Crippen LogP contribution in [0.3, 0.4) is 0 Å². The molecule has 1 aliphatic carbocycles. The van der Waals surface area contributed by atoms with Gasteiger partial charge in [0.1, 0.15) is 0 Å². The lowest BCUT2D eigenvalue weighted by Crippen LogP contribution is -2.09. The van der Waals surface area contributed by atoms with E-state index >= 15 is 0 Å². The largest absolute Gasteiger partial charge is 0.329 e.